The fourth-order valence-electron chi connectivity index (χ4n) is 3.89. The van der Waals surface area contributed by atoms with Crippen molar-refractivity contribution in [1.82, 2.24) is 9.88 Å². The molecular weight excluding hydrogens is 338 g/mol. The van der Waals surface area contributed by atoms with E-state index in [1.54, 1.807) is 18.5 Å². The lowest BCUT2D eigenvalue weighted by atomic mass is 9.81. The molecule has 2 saturated heterocycles. The van der Waals surface area contributed by atoms with E-state index in [-0.39, 0.29) is 5.60 Å². The smallest absolute Gasteiger partial charge is 0.159 e. The molecule has 2 fully saturated rings. The van der Waals surface area contributed by atoms with Gasteiger partial charge in [0.25, 0.3) is 0 Å². The lowest BCUT2D eigenvalue weighted by Gasteiger charge is -2.50. The molecule has 26 heavy (non-hydrogen) atoms. The first-order valence-electron chi connectivity index (χ1n) is 8.91. The maximum Gasteiger partial charge on any atom is 0.159 e. The SMILES string of the molecule is Fc1ccc(CN2CC3(C2)OCC[C@@H]3COCc2ccncc2)cc1F. The maximum atomic E-state index is 13.3. The zero-order valence-corrected chi connectivity index (χ0v) is 14.5. The minimum Gasteiger partial charge on any atom is -0.376 e. The van der Waals surface area contributed by atoms with Gasteiger partial charge in [0.1, 0.15) is 0 Å². The van der Waals surface area contributed by atoms with Gasteiger partial charge in [-0.3, -0.25) is 9.88 Å². The Hall–Kier alpha value is -1.89. The van der Waals surface area contributed by atoms with Gasteiger partial charge in [-0.2, -0.15) is 0 Å². The Morgan fingerprint density at radius 2 is 1.92 bits per heavy atom. The van der Waals surface area contributed by atoms with Crippen LogP contribution >= 0.6 is 0 Å². The highest BCUT2D eigenvalue weighted by Gasteiger charge is 2.52. The predicted molar refractivity (Wildman–Crippen MR) is 92.3 cm³/mol. The van der Waals surface area contributed by atoms with Gasteiger partial charge >= 0.3 is 0 Å². The van der Waals surface area contributed by atoms with E-state index in [1.807, 2.05) is 12.1 Å². The minimum atomic E-state index is -0.806. The van der Waals surface area contributed by atoms with E-state index in [2.05, 4.69) is 9.88 Å². The number of rotatable bonds is 6. The van der Waals surface area contributed by atoms with Crippen LogP contribution in [0.25, 0.3) is 0 Å². The van der Waals surface area contributed by atoms with E-state index in [9.17, 15) is 8.78 Å². The van der Waals surface area contributed by atoms with Crippen LogP contribution in [0, 0.1) is 17.6 Å². The van der Waals surface area contributed by atoms with Crippen molar-refractivity contribution in [2.24, 2.45) is 5.92 Å². The summed E-state index contributed by atoms with van der Waals surface area (Å²) in [7, 11) is 0. The average Bonchev–Trinajstić information content (AvgIpc) is 3.03. The molecule has 1 aromatic carbocycles. The molecule has 2 aromatic rings. The Labute approximate surface area is 151 Å². The molecule has 2 aliphatic heterocycles. The monoisotopic (exact) mass is 360 g/mol. The van der Waals surface area contributed by atoms with Crippen molar-refractivity contribution >= 4 is 0 Å². The Morgan fingerprint density at radius 3 is 2.69 bits per heavy atom. The molecule has 0 bridgehead atoms. The van der Waals surface area contributed by atoms with Crippen LogP contribution in [0.15, 0.2) is 42.7 Å². The molecule has 4 nitrogen and oxygen atoms in total. The highest BCUT2D eigenvalue weighted by Crippen LogP contribution is 2.40. The van der Waals surface area contributed by atoms with Gasteiger partial charge in [-0.05, 0) is 41.8 Å². The molecule has 3 heterocycles. The van der Waals surface area contributed by atoms with Crippen molar-refractivity contribution < 1.29 is 18.3 Å². The van der Waals surface area contributed by atoms with E-state index in [4.69, 9.17) is 9.47 Å². The summed E-state index contributed by atoms with van der Waals surface area (Å²) in [5, 5.41) is 0. The summed E-state index contributed by atoms with van der Waals surface area (Å²) in [6.07, 6.45) is 4.53. The third kappa shape index (κ3) is 3.63. The van der Waals surface area contributed by atoms with Crippen LogP contribution < -0.4 is 0 Å². The Balaban J connectivity index is 1.28. The van der Waals surface area contributed by atoms with E-state index in [0.717, 1.165) is 37.2 Å². The van der Waals surface area contributed by atoms with Gasteiger partial charge < -0.3 is 9.47 Å². The molecule has 0 radical (unpaired) electrons. The Morgan fingerprint density at radius 1 is 1.12 bits per heavy atom. The van der Waals surface area contributed by atoms with Crippen molar-refractivity contribution in [2.75, 3.05) is 26.3 Å². The number of halogens is 2. The predicted octanol–water partition coefficient (Wildman–Crippen LogP) is 3.17. The third-order valence-corrected chi connectivity index (χ3v) is 5.31. The van der Waals surface area contributed by atoms with Gasteiger partial charge in [0, 0.05) is 44.6 Å². The largest absolute Gasteiger partial charge is 0.376 e. The summed E-state index contributed by atoms with van der Waals surface area (Å²) in [6, 6.07) is 7.99. The van der Waals surface area contributed by atoms with Gasteiger partial charge in [0.05, 0.1) is 18.8 Å². The molecule has 1 aromatic heterocycles. The summed E-state index contributed by atoms with van der Waals surface area (Å²) in [4.78, 5) is 6.21. The van der Waals surface area contributed by atoms with Crippen LogP contribution in [0.2, 0.25) is 0 Å². The number of ether oxygens (including phenoxy) is 2. The van der Waals surface area contributed by atoms with Crippen molar-refractivity contribution in [3.63, 3.8) is 0 Å². The highest BCUT2D eigenvalue weighted by atomic mass is 19.2. The maximum absolute atomic E-state index is 13.3. The molecule has 2 aliphatic rings. The molecule has 6 heteroatoms. The van der Waals surface area contributed by atoms with Crippen molar-refractivity contribution in [2.45, 2.75) is 25.2 Å². The highest BCUT2D eigenvalue weighted by molar-refractivity contribution is 5.19. The summed E-state index contributed by atoms with van der Waals surface area (Å²) in [6.45, 7) is 4.20. The summed E-state index contributed by atoms with van der Waals surface area (Å²) in [5.41, 5.74) is 1.74. The molecule has 1 spiro atoms. The first-order valence-corrected chi connectivity index (χ1v) is 8.91. The average molecular weight is 360 g/mol. The first kappa shape index (κ1) is 17.5. The van der Waals surface area contributed by atoms with Crippen LogP contribution in [0.3, 0.4) is 0 Å². The molecule has 4 rings (SSSR count). The van der Waals surface area contributed by atoms with Crippen molar-refractivity contribution in [3.8, 4) is 0 Å². The topological polar surface area (TPSA) is 34.6 Å². The van der Waals surface area contributed by atoms with Crippen molar-refractivity contribution in [3.05, 3.63) is 65.5 Å². The molecule has 0 N–H and O–H groups in total. The second kappa shape index (κ2) is 7.39. The van der Waals surface area contributed by atoms with Crippen molar-refractivity contribution in [1.29, 1.82) is 0 Å². The van der Waals surface area contributed by atoms with Gasteiger partial charge in [-0.15, -0.1) is 0 Å². The van der Waals surface area contributed by atoms with E-state index in [0.29, 0.717) is 25.7 Å². The zero-order valence-electron chi connectivity index (χ0n) is 14.5. The lowest BCUT2D eigenvalue weighted by Crippen LogP contribution is -2.64. The van der Waals surface area contributed by atoms with E-state index < -0.39 is 11.6 Å². The number of hydrogen-bond donors (Lipinski definition) is 0. The molecule has 0 aliphatic carbocycles. The number of pyridine rings is 1. The van der Waals surface area contributed by atoms with Crippen LogP contribution in [-0.2, 0) is 22.6 Å². The van der Waals surface area contributed by atoms with Gasteiger partial charge in [0.2, 0.25) is 0 Å². The fourth-order valence-corrected chi connectivity index (χ4v) is 3.89. The molecular formula is C20H22F2N2O2. The van der Waals surface area contributed by atoms with Gasteiger partial charge in [0.15, 0.2) is 11.6 Å². The fraction of sp³-hybridized carbons (Fsp3) is 0.450. The number of benzene rings is 1. The quantitative estimate of drug-likeness (QED) is 0.793. The van der Waals surface area contributed by atoms with Crippen LogP contribution in [-0.4, -0.2) is 41.8 Å². The summed E-state index contributed by atoms with van der Waals surface area (Å²) < 4.78 is 38.3. The molecule has 0 amide bonds. The second-order valence-corrected chi connectivity index (χ2v) is 7.16. The molecule has 0 saturated carbocycles. The van der Waals surface area contributed by atoms with Crippen LogP contribution in [0.4, 0.5) is 8.78 Å². The third-order valence-electron chi connectivity index (χ3n) is 5.31. The first-order chi connectivity index (χ1) is 12.6. The second-order valence-electron chi connectivity index (χ2n) is 7.16. The van der Waals surface area contributed by atoms with Crippen LogP contribution in [0.1, 0.15) is 17.5 Å². The Bertz CT molecular complexity index is 751. The van der Waals surface area contributed by atoms with E-state index in [1.165, 1.54) is 12.1 Å². The minimum absolute atomic E-state index is 0.156. The van der Waals surface area contributed by atoms with Gasteiger partial charge in [-0.25, -0.2) is 8.78 Å². The van der Waals surface area contributed by atoms with Crippen LogP contribution in [0.5, 0.6) is 0 Å². The summed E-state index contributed by atoms with van der Waals surface area (Å²) in [5.74, 6) is -1.23. The molecule has 138 valence electrons. The van der Waals surface area contributed by atoms with Gasteiger partial charge in [-0.1, -0.05) is 6.07 Å². The van der Waals surface area contributed by atoms with E-state index >= 15 is 0 Å². The Kier molecular flexibility index (Phi) is 4.98. The normalized spacial score (nSPS) is 21.8. The standard InChI is InChI=1S/C20H22F2N2O2/c21-18-2-1-16(9-19(18)22)10-24-13-20(14-24)17(5-8-26-20)12-25-11-15-3-6-23-7-4-15/h1-4,6-7,9,17H,5,8,10-14H2/t17-/m1/s1. The zero-order chi connectivity index (χ0) is 18.0. The number of nitrogens with zero attached hydrogens (tertiary/aromatic N) is 2. The molecule has 0 unspecified atom stereocenters. The molecule has 1 atom stereocenters. The summed E-state index contributed by atoms with van der Waals surface area (Å²) >= 11 is 0. The number of likely N-dealkylation sites (tertiary alicyclic amines) is 1. The number of hydrogen-bond acceptors (Lipinski definition) is 4. The lowest BCUT2D eigenvalue weighted by molar-refractivity contribution is -0.146. The number of aromatic nitrogens is 1.